The highest BCUT2D eigenvalue weighted by Gasteiger charge is 2.37. The molecule has 0 heterocycles. The van der Waals surface area contributed by atoms with E-state index in [1.54, 1.807) is 12.1 Å². The van der Waals surface area contributed by atoms with Gasteiger partial charge in [-0.15, -0.1) is 0 Å². The van der Waals surface area contributed by atoms with Crippen molar-refractivity contribution >= 4 is 28.8 Å². The molecule has 1 saturated carbocycles. The molecule has 1 aromatic rings. The molecule has 1 aliphatic carbocycles. The maximum atomic E-state index is 13.1. The summed E-state index contributed by atoms with van der Waals surface area (Å²) in [5.74, 6) is -3.13. The Bertz CT molecular complexity index is 521. The molecule has 1 fully saturated rings. The lowest BCUT2D eigenvalue weighted by molar-refractivity contribution is -0.124. The van der Waals surface area contributed by atoms with Crippen molar-refractivity contribution in [1.29, 1.82) is 0 Å². The molecule has 1 amide bonds. The number of carbonyl (C=O) groups is 1. The first-order valence-electron chi connectivity index (χ1n) is 6.92. The fraction of sp³-hybridized carbons (Fsp3) is 0.467. The van der Waals surface area contributed by atoms with Gasteiger partial charge >= 0.3 is 0 Å². The van der Waals surface area contributed by atoms with Crippen molar-refractivity contribution < 1.29 is 13.6 Å². The Morgan fingerprint density at radius 2 is 1.86 bits per heavy atom. The zero-order chi connectivity index (χ0) is 15.5. The SMILES string of the molecule is NC(=S)Cc1ccc(NC(=O)C2CCC(F)(F)CC2)cc1. The number of amides is 1. The van der Waals surface area contributed by atoms with Crippen molar-refractivity contribution in [2.75, 3.05) is 5.32 Å². The molecule has 0 radical (unpaired) electrons. The molecule has 0 bridgehead atoms. The first-order chi connectivity index (χ1) is 9.85. The van der Waals surface area contributed by atoms with E-state index in [-0.39, 0.29) is 37.5 Å². The van der Waals surface area contributed by atoms with E-state index in [2.05, 4.69) is 5.32 Å². The summed E-state index contributed by atoms with van der Waals surface area (Å²) in [6, 6.07) is 7.21. The summed E-state index contributed by atoms with van der Waals surface area (Å²) in [6.07, 6.45) is 0.563. The van der Waals surface area contributed by atoms with E-state index >= 15 is 0 Å². The fourth-order valence-corrected chi connectivity index (χ4v) is 2.62. The van der Waals surface area contributed by atoms with Crippen LogP contribution in [0.1, 0.15) is 31.2 Å². The first kappa shape index (κ1) is 15.8. The summed E-state index contributed by atoms with van der Waals surface area (Å²) in [5, 5.41) is 2.77. The van der Waals surface area contributed by atoms with Gasteiger partial charge in [0.15, 0.2) is 0 Å². The molecule has 0 atom stereocenters. The molecule has 1 aliphatic rings. The van der Waals surface area contributed by atoms with Gasteiger partial charge in [-0.3, -0.25) is 4.79 Å². The van der Waals surface area contributed by atoms with Crippen LogP contribution in [0.2, 0.25) is 0 Å². The maximum absolute atomic E-state index is 13.1. The standard InChI is InChI=1S/C15H18F2N2OS/c16-15(17)7-5-11(6-8-15)14(20)19-12-3-1-10(2-4-12)9-13(18)21/h1-4,11H,5-9H2,(H2,18,21)(H,19,20). The summed E-state index contributed by atoms with van der Waals surface area (Å²) in [7, 11) is 0. The number of thiocarbonyl (C=S) groups is 1. The quantitative estimate of drug-likeness (QED) is 0.839. The van der Waals surface area contributed by atoms with Gasteiger partial charge in [0, 0.05) is 30.9 Å². The molecule has 2 rings (SSSR count). The number of anilines is 1. The summed E-state index contributed by atoms with van der Waals surface area (Å²) >= 11 is 4.83. The van der Waals surface area contributed by atoms with Crippen molar-refractivity contribution in [2.24, 2.45) is 11.7 Å². The molecular formula is C15H18F2N2OS. The van der Waals surface area contributed by atoms with Gasteiger partial charge in [-0.05, 0) is 30.5 Å². The van der Waals surface area contributed by atoms with Crippen LogP contribution in [0.3, 0.4) is 0 Å². The van der Waals surface area contributed by atoms with Crippen molar-refractivity contribution in [3.63, 3.8) is 0 Å². The van der Waals surface area contributed by atoms with E-state index in [1.807, 2.05) is 12.1 Å². The number of nitrogens with one attached hydrogen (secondary N) is 1. The lowest BCUT2D eigenvalue weighted by Crippen LogP contribution is -2.31. The Balaban J connectivity index is 1.89. The highest BCUT2D eigenvalue weighted by Crippen LogP contribution is 2.36. The highest BCUT2D eigenvalue weighted by atomic mass is 32.1. The molecule has 21 heavy (non-hydrogen) atoms. The Kier molecular flexibility index (Phi) is 4.88. The monoisotopic (exact) mass is 312 g/mol. The number of carbonyl (C=O) groups excluding carboxylic acids is 1. The van der Waals surface area contributed by atoms with Gasteiger partial charge in [-0.1, -0.05) is 24.4 Å². The Morgan fingerprint density at radius 1 is 1.29 bits per heavy atom. The average molecular weight is 312 g/mol. The Hall–Kier alpha value is -1.56. The maximum Gasteiger partial charge on any atom is 0.248 e. The van der Waals surface area contributed by atoms with Crippen LogP contribution < -0.4 is 11.1 Å². The van der Waals surface area contributed by atoms with E-state index in [9.17, 15) is 13.6 Å². The van der Waals surface area contributed by atoms with Gasteiger partial charge in [-0.2, -0.15) is 0 Å². The topological polar surface area (TPSA) is 55.1 Å². The zero-order valence-electron chi connectivity index (χ0n) is 11.6. The van der Waals surface area contributed by atoms with Crippen LogP contribution in [0.25, 0.3) is 0 Å². The molecule has 0 spiro atoms. The fourth-order valence-electron chi connectivity index (χ4n) is 2.45. The van der Waals surface area contributed by atoms with Crippen LogP contribution in [0, 0.1) is 5.92 Å². The molecular weight excluding hydrogens is 294 g/mol. The number of hydrogen-bond donors (Lipinski definition) is 2. The molecule has 3 N–H and O–H groups in total. The van der Waals surface area contributed by atoms with E-state index in [0.29, 0.717) is 17.1 Å². The third-order valence-electron chi connectivity index (χ3n) is 3.69. The predicted molar refractivity (Wildman–Crippen MR) is 82.5 cm³/mol. The smallest absolute Gasteiger partial charge is 0.248 e. The van der Waals surface area contributed by atoms with Crippen LogP contribution >= 0.6 is 12.2 Å². The van der Waals surface area contributed by atoms with Gasteiger partial charge in [0.25, 0.3) is 0 Å². The van der Waals surface area contributed by atoms with E-state index in [0.717, 1.165) is 5.56 Å². The lowest BCUT2D eigenvalue weighted by Gasteiger charge is -2.27. The molecule has 0 unspecified atom stereocenters. The number of nitrogens with two attached hydrogens (primary N) is 1. The van der Waals surface area contributed by atoms with Gasteiger partial charge < -0.3 is 11.1 Å². The third kappa shape index (κ3) is 4.74. The minimum Gasteiger partial charge on any atom is -0.393 e. The van der Waals surface area contributed by atoms with Crippen LogP contribution in [-0.2, 0) is 11.2 Å². The second-order valence-electron chi connectivity index (χ2n) is 5.46. The van der Waals surface area contributed by atoms with Crippen LogP contribution in [0.5, 0.6) is 0 Å². The van der Waals surface area contributed by atoms with Crippen molar-refractivity contribution in [1.82, 2.24) is 0 Å². The second kappa shape index (κ2) is 6.47. The molecule has 1 aromatic carbocycles. The largest absolute Gasteiger partial charge is 0.393 e. The molecule has 3 nitrogen and oxygen atoms in total. The summed E-state index contributed by atoms with van der Waals surface area (Å²) in [4.78, 5) is 12.5. The van der Waals surface area contributed by atoms with Crippen LogP contribution in [-0.4, -0.2) is 16.8 Å². The highest BCUT2D eigenvalue weighted by molar-refractivity contribution is 7.80. The van der Waals surface area contributed by atoms with Gasteiger partial charge in [-0.25, -0.2) is 8.78 Å². The number of benzene rings is 1. The average Bonchev–Trinajstić information content (AvgIpc) is 2.40. The van der Waals surface area contributed by atoms with E-state index in [1.165, 1.54) is 0 Å². The number of halogens is 2. The second-order valence-corrected chi connectivity index (χ2v) is 5.98. The van der Waals surface area contributed by atoms with E-state index in [4.69, 9.17) is 18.0 Å². The normalized spacial score (nSPS) is 18.2. The molecule has 114 valence electrons. The minimum absolute atomic E-state index is 0.187. The van der Waals surface area contributed by atoms with Crippen molar-refractivity contribution in [3.05, 3.63) is 29.8 Å². The van der Waals surface area contributed by atoms with Crippen molar-refractivity contribution in [2.45, 2.75) is 38.0 Å². The predicted octanol–water partition coefficient (Wildman–Crippen LogP) is 3.28. The summed E-state index contributed by atoms with van der Waals surface area (Å²) in [6.45, 7) is 0. The Morgan fingerprint density at radius 3 is 2.38 bits per heavy atom. The molecule has 0 saturated heterocycles. The third-order valence-corrected chi connectivity index (χ3v) is 3.83. The van der Waals surface area contributed by atoms with Gasteiger partial charge in [0.05, 0.1) is 4.99 Å². The van der Waals surface area contributed by atoms with Crippen LogP contribution in [0.4, 0.5) is 14.5 Å². The van der Waals surface area contributed by atoms with Crippen molar-refractivity contribution in [3.8, 4) is 0 Å². The Labute approximate surface area is 127 Å². The molecule has 6 heteroatoms. The van der Waals surface area contributed by atoms with Crippen LogP contribution in [0.15, 0.2) is 24.3 Å². The van der Waals surface area contributed by atoms with Gasteiger partial charge in [0.2, 0.25) is 11.8 Å². The minimum atomic E-state index is -2.61. The summed E-state index contributed by atoms with van der Waals surface area (Å²) in [5.41, 5.74) is 7.09. The number of rotatable bonds is 4. The number of alkyl halides is 2. The molecule has 0 aliphatic heterocycles. The first-order valence-corrected chi connectivity index (χ1v) is 7.32. The molecule has 0 aromatic heterocycles. The zero-order valence-corrected chi connectivity index (χ0v) is 12.4. The summed E-state index contributed by atoms with van der Waals surface area (Å²) < 4.78 is 26.1. The van der Waals surface area contributed by atoms with E-state index < -0.39 is 5.92 Å². The van der Waals surface area contributed by atoms with Gasteiger partial charge in [0.1, 0.15) is 0 Å². The lowest BCUT2D eigenvalue weighted by atomic mass is 9.86. The number of hydrogen-bond acceptors (Lipinski definition) is 2.